The van der Waals surface area contributed by atoms with Crippen molar-refractivity contribution < 1.29 is 50.0 Å². The van der Waals surface area contributed by atoms with Gasteiger partial charge >= 0.3 is 0 Å². The van der Waals surface area contributed by atoms with Crippen molar-refractivity contribution in [1.82, 2.24) is 0 Å². The summed E-state index contributed by atoms with van der Waals surface area (Å²) in [4.78, 5) is 0. The Bertz CT molecular complexity index is 366. The molecule has 2 saturated heterocycles. The molecule has 0 saturated carbocycles. The molecule has 0 aromatic rings. The third-order valence-corrected chi connectivity index (χ3v) is 3.94. The quantitative estimate of drug-likeness (QED) is 0.269. The van der Waals surface area contributed by atoms with Gasteiger partial charge in [-0.3, -0.25) is 0 Å². The van der Waals surface area contributed by atoms with Crippen LogP contribution in [0.2, 0.25) is 0 Å². The molecule has 2 rings (SSSR count). The third kappa shape index (κ3) is 3.26. The topological polar surface area (TPSA) is 169 Å². The molecule has 2 heterocycles. The molecule has 2 aliphatic heterocycles. The predicted octanol–water partition coefficient (Wildman–Crippen LogP) is -4.37. The van der Waals surface area contributed by atoms with Crippen LogP contribution >= 0.6 is 0 Å². The predicted molar refractivity (Wildman–Crippen MR) is 67.2 cm³/mol. The highest BCUT2D eigenvalue weighted by Gasteiger charge is 2.49. The van der Waals surface area contributed by atoms with Crippen molar-refractivity contribution >= 4 is 0 Å². The average Bonchev–Trinajstić information content (AvgIpc) is 2.50. The van der Waals surface area contributed by atoms with Gasteiger partial charge in [-0.15, -0.1) is 0 Å². The molecule has 0 bridgehead atoms. The number of hydrogen-bond donors (Lipinski definition) is 7. The Morgan fingerprint density at radius 3 is 2.05 bits per heavy atom. The smallest absolute Gasteiger partial charge is 0.187 e. The number of aliphatic hydroxyl groups is 7. The van der Waals surface area contributed by atoms with E-state index < -0.39 is 68.0 Å². The second kappa shape index (κ2) is 7.01. The van der Waals surface area contributed by atoms with Crippen molar-refractivity contribution in [2.24, 2.45) is 0 Å². The molecule has 0 radical (unpaired) electrons. The first-order valence-corrected chi connectivity index (χ1v) is 6.93. The monoisotopic (exact) mass is 326 g/mol. The van der Waals surface area contributed by atoms with Gasteiger partial charge in [-0.05, 0) is 6.92 Å². The molecule has 10 heteroatoms. The number of aliphatic hydroxyl groups excluding tert-OH is 7. The van der Waals surface area contributed by atoms with E-state index in [1.165, 1.54) is 6.92 Å². The first-order valence-electron chi connectivity index (χ1n) is 6.93. The maximum Gasteiger partial charge on any atom is 0.187 e. The summed E-state index contributed by atoms with van der Waals surface area (Å²) in [6, 6.07) is 0. The van der Waals surface area contributed by atoms with E-state index in [4.69, 9.17) is 14.2 Å². The number of rotatable bonds is 3. The normalized spacial score (nSPS) is 53.5. The molecule has 22 heavy (non-hydrogen) atoms. The summed E-state index contributed by atoms with van der Waals surface area (Å²) < 4.78 is 15.4. The molecule has 2 fully saturated rings. The zero-order chi connectivity index (χ0) is 16.6. The van der Waals surface area contributed by atoms with Crippen molar-refractivity contribution in [1.29, 1.82) is 0 Å². The van der Waals surface area contributed by atoms with Crippen molar-refractivity contribution in [2.45, 2.75) is 68.3 Å². The molecule has 0 aliphatic carbocycles. The zero-order valence-corrected chi connectivity index (χ0v) is 11.8. The lowest BCUT2D eigenvalue weighted by molar-refractivity contribution is -0.352. The minimum absolute atomic E-state index is 0.630. The summed E-state index contributed by atoms with van der Waals surface area (Å²) in [6.45, 7) is 0.821. The van der Waals surface area contributed by atoms with E-state index in [2.05, 4.69) is 0 Å². The fourth-order valence-electron chi connectivity index (χ4n) is 2.52. The molecule has 0 aromatic carbocycles. The summed E-state index contributed by atoms with van der Waals surface area (Å²) in [5, 5.41) is 67.3. The van der Waals surface area contributed by atoms with Crippen LogP contribution in [0.1, 0.15) is 6.92 Å². The van der Waals surface area contributed by atoms with E-state index in [-0.39, 0.29) is 0 Å². The first kappa shape index (κ1) is 17.9. The maximum absolute atomic E-state index is 9.93. The fourth-order valence-corrected chi connectivity index (χ4v) is 2.52. The van der Waals surface area contributed by atoms with Crippen molar-refractivity contribution in [2.75, 3.05) is 6.61 Å². The SMILES string of the molecule is C[C@H]1O[C@@H](O[C@@H]2[C@@H](O)[C@@H](O)[C@H](O)O[C@H]2CO)[C@H](O)[C@@H](O)[C@@H]1O. The van der Waals surface area contributed by atoms with Crippen LogP contribution in [0.15, 0.2) is 0 Å². The van der Waals surface area contributed by atoms with Gasteiger partial charge in [-0.25, -0.2) is 0 Å². The number of ether oxygens (including phenoxy) is 3. The van der Waals surface area contributed by atoms with Crippen LogP contribution in [-0.2, 0) is 14.2 Å². The Hall–Kier alpha value is -0.400. The van der Waals surface area contributed by atoms with E-state index in [1.807, 2.05) is 0 Å². The third-order valence-electron chi connectivity index (χ3n) is 3.94. The average molecular weight is 326 g/mol. The fraction of sp³-hybridized carbons (Fsp3) is 1.00. The van der Waals surface area contributed by atoms with Crippen molar-refractivity contribution in [3.05, 3.63) is 0 Å². The van der Waals surface area contributed by atoms with Gasteiger partial charge in [-0.2, -0.15) is 0 Å². The highest BCUT2D eigenvalue weighted by molar-refractivity contribution is 4.93. The van der Waals surface area contributed by atoms with Gasteiger partial charge < -0.3 is 50.0 Å². The van der Waals surface area contributed by atoms with Crippen LogP contribution in [0.5, 0.6) is 0 Å². The van der Waals surface area contributed by atoms with Crippen molar-refractivity contribution in [3.63, 3.8) is 0 Å². The molecule has 0 spiro atoms. The highest BCUT2D eigenvalue weighted by atomic mass is 16.7. The summed E-state index contributed by atoms with van der Waals surface area (Å²) >= 11 is 0. The Labute approximate surface area is 126 Å². The lowest BCUT2D eigenvalue weighted by Gasteiger charge is -2.44. The second-order valence-corrected chi connectivity index (χ2v) is 5.51. The Kier molecular flexibility index (Phi) is 5.72. The highest BCUT2D eigenvalue weighted by Crippen LogP contribution is 2.28. The molecule has 7 N–H and O–H groups in total. The largest absolute Gasteiger partial charge is 0.394 e. The second-order valence-electron chi connectivity index (χ2n) is 5.51. The summed E-state index contributed by atoms with van der Waals surface area (Å²) in [7, 11) is 0. The van der Waals surface area contributed by atoms with Crippen LogP contribution < -0.4 is 0 Å². The van der Waals surface area contributed by atoms with E-state index in [0.29, 0.717) is 0 Å². The van der Waals surface area contributed by atoms with Crippen LogP contribution in [0.4, 0.5) is 0 Å². The van der Waals surface area contributed by atoms with Gasteiger partial charge in [0.15, 0.2) is 12.6 Å². The molecule has 10 atom stereocenters. The molecule has 2 aliphatic rings. The van der Waals surface area contributed by atoms with Crippen LogP contribution in [0.25, 0.3) is 0 Å². The minimum Gasteiger partial charge on any atom is -0.394 e. The van der Waals surface area contributed by atoms with Gasteiger partial charge in [-0.1, -0.05) is 0 Å². The summed E-state index contributed by atoms with van der Waals surface area (Å²) in [6.07, 6.45) is -14.2. The Morgan fingerprint density at radius 1 is 0.818 bits per heavy atom. The molecule has 0 unspecified atom stereocenters. The molecule has 10 nitrogen and oxygen atoms in total. The molecule has 0 aromatic heterocycles. The molecular formula is C12H22O10. The van der Waals surface area contributed by atoms with E-state index >= 15 is 0 Å². The van der Waals surface area contributed by atoms with Crippen molar-refractivity contribution in [3.8, 4) is 0 Å². The van der Waals surface area contributed by atoms with Gasteiger partial charge in [0, 0.05) is 0 Å². The van der Waals surface area contributed by atoms with Gasteiger partial charge in [0.2, 0.25) is 0 Å². The van der Waals surface area contributed by atoms with Gasteiger partial charge in [0.05, 0.1) is 12.7 Å². The zero-order valence-electron chi connectivity index (χ0n) is 11.8. The summed E-state index contributed by atoms with van der Waals surface area (Å²) in [5.41, 5.74) is 0. The lowest BCUT2D eigenvalue weighted by Crippen LogP contribution is -2.63. The van der Waals surface area contributed by atoms with Crippen LogP contribution in [0.3, 0.4) is 0 Å². The van der Waals surface area contributed by atoms with Crippen LogP contribution in [-0.4, -0.2) is 104 Å². The Morgan fingerprint density at radius 2 is 1.45 bits per heavy atom. The van der Waals surface area contributed by atoms with E-state index in [0.717, 1.165) is 0 Å². The first-order chi connectivity index (χ1) is 10.3. The number of hydrogen-bond acceptors (Lipinski definition) is 10. The molecule has 0 amide bonds. The van der Waals surface area contributed by atoms with Crippen LogP contribution in [0, 0.1) is 0 Å². The molecular weight excluding hydrogens is 304 g/mol. The summed E-state index contributed by atoms with van der Waals surface area (Å²) in [5.74, 6) is 0. The lowest BCUT2D eigenvalue weighted by atomic mass is 9.97. The standard InChI is InChI=1S/C12H22O10/c1-3-5(14)6(15)9(18)12(20-3)22-10-4(2-13)21-11(19)8(17)7(10)16/h3-19H,2H2,1H3/t3-,4+,5-,6+,7+,8-,9-,10+,11-,12+/m1/s1. The maximum atomic E-state index is 9.93. The minimum atomic E-state index is -1.70. The Balaban J connectivity index is 2.10. The van der Waals surface area contributed by atoms with E-state index in [9.17, 15) is 35.7 Å². The van der Waals surface area contributed by atoms with E-state index in [1.54, 1.807) is 0 Å². The van der Waals surface area contributed by atoms with Gasteiger partial charge in [0.1, 0.15) is 42.7 Å². The van der Waals surface area contributed by atoms with Gasteiger partial charge in [0.25, 0.3) is 0 Å². The molecule has 130 valence electrons.